The summed E-state index contributed by atoms with van der Waals surface area (Å²) in [7, 11) is 0. The minimum atomic E-state index is -0.906. The second-order valence-electron chi connectivity index (χ2n) is 15.2. The number of fused-ring (bicyclic) bond motifs is 12. The maximum Gasteiger partial charge on any atom is 0.276 e. The minimum absolute atomic E-state index is 0.192. The highest BCUT2D eigenvalue weighted by molar-refractivity contribution is 5.64. The fraction of sp³-hybridized carbons (Fsp3) is 0.143. The van der Waals surface area contributed by atoms with Crippen molar-refractivity contribution in [3.05, 3.63) is 200 Å². The number of nitro benzene ring substituents is 6. The van der Waals surface area contributed by atoms with Crippen molar-refractivity contribution < 1.29 is 60.2 Å². The van der Waals surface area contributed by atoms with E-state index in [-0.39, 0.29) is 61.2 Å². The molecule has 24 heteroatoms. The van der Waals surface area contributed by atoms with E-state index in [1.165, 1.54) is 0 Å². The van der Waals surface area contributed by atoms with Gasteiger partial charge in [-0.2, -0.15) is 0 Å². The zero-order valence-electron chi connectivity index (χ0n) is 33.4. The van der Waals surface area contributed by atoms with Crippen molar-refractivity contribution >= 4 is 34.1 Å². The Bertz CT molecular complexity index is 3150. The number of non-ortho nitro benzene ring substituents is 5. The van der Waals surface area contributed by atoms with E-state index in [1.54, 1.807) is 0 Å². The maximum atomic E-state index is 12.3. The molecule has 0 heterocycles. The molecule has 0 radical (unpaired) electrons. The third-order valence-corrected chi connectivity index (χ3v) is 11.1. The summed E-state index contributed by atoms with van der Waals surface area (Å²) in [6, 6.07) is 10.8. The van der Waals surface area contributed by atoms with Crippen LogP contribution in [0.2, 0.25) is 0 Å². The van der Waals surface area contributed by atoms with E-state index in [9.17, 15) is 91.3 Å². The Kier molecular flexibility index (Phi) is 11.5. The SMILES string of the molecule is O=[N+]([O-])c1cc2c(O)c(c1)Cc1cc([N+](=O)[O-])cc(c1O)Cc1cc([N+](=O)[O-])cc(c1O)Cc1c([N+](=O)[O-])ccc(c1O)Cc1cc([N+](=O)[O-])cc(c1O)Cc1cc([N+](=O)[O-])cc(c1O)C2. The summed E-state index contributed by atoms with van der Waals surface area (Å²) in [5.41, 5.74) is -8.00. The van der Waals surface area contributed by atoms with Crippen molar-refractivity contribution in [2.75, 3.05) is 0 Å². The highest BCUT2D eigenvalue weighted by atomic mass is 16.6. The van der Waals surface area contributed by atoms with Crippen molar-refractivity contribution in [2.24, 2.45) is 0 Å². The van der Waals surface area contributed by atoms with Crippen LogP contribution in [-0.4, -0.2) is 60.2 Å². The van der Waals surface area contributed by atoms with E-state index < -0.39 is 142 Å². The summed E-state index contributed by atoms with van der Waals surface area (Å²) in [6.45, 7) is 0. The van der Waals surface area contributed by atoms with Crippen LogP contribution in [0.1, 0.15) is 66.8 Å². The van der Waals surface area contributed by atoms with Gasteiger partial charge in [0.15, 0.2) is 0 Å². The Morgan fingerprint density at radius 3 is 0.712 bits per heavy atom. The number of rotatable bonds is 6. The van der Waals surface area contributed by atoms with Crippen molar-refractivity contribution in [3.8, 4) is 34.5 Å². The lowest BCUT2D eigenvalue weighted by Gasteiger charge is -2.17. The van der Waals surface area contributed by atoms with Crippen LogP contribution in [0.3, 0.4) is 0 Å². The van der Waals surface area contributed by atoms with Crippen molar-refractivity contribution in [1.82, 2.24) is 0 Å². The van der Waals surface area contributed by atoms with Gasteiger partial charge in [0.1, 0.15) is 34.5 Å². The molecule has 0 atom stereocenters. The number of aromatic hydroxyl groups is 6. The van der Waals surface area contributed by atoms with Crippen LogP contribution in [0, 0.1) is 60.7 Å². The predicted molar refractivity (Wildman–Crippen MR) is 225 cm³/mol. The summed E-state index contributed by atoms with van der Waals surface area (Å²) in [6.07, 6.45) is -4.05. The molecule has 0 saturated carbocycles. The van der Waals surface area contributed by atoms with E-state index >= 15 is 0 Å². The zero-order chi connectivity index (χ0) is 48.0. The Labute approximate surface area is 367 Å². The van der Waals surface area contributed by atoms with Crippen LogP contribution in [0.5, 0.6) is 34.5 Å². The molecule has 0 spiro atoms. The molecular formula is C42H30N6O18. The molecule has 0 amide bonds. The third-order valence-electron chi connectivity index (χ3n) is 11.1. The number of phenols is 6. The monoisotopic (exact) mass is 906 g/mol. The van der Waals surface area contributed by atoms with E-state index in [2.05, 4.69) is 0 Å². The maximum absolute atomic E-state index is 12.3. The summed E-state index contributed by atoms with van der Waals surface area (Å²) < 4.78 is 0. The highest BCUT2D eigenvalue weighted by Gasteiger charge is 2.29. The van der Waals surface area contributed by atoms with Gasteiger partial charge in [0, 0.05) is 161 Å². The van der Waals surface area contributed by atoms with Gasteiger partial charge in [-0.05, 0) is 11.6 Å². The van der Waals surface area contributed by atoms with Gasteiger partial charge in [-0.25, -0.2) is 0 Å². The molecule has 6 aromatic carbocycles. The van der Waals surface area contributed by atoms with E-state index in [1.807, 2.05) is 0 Å². The number of nitrogens with zero attached hydrogens (tertiary/aromatic N) is 6. The molecule has 6 aromatic rings. The molecule has 0 aromatic heterocycles. The quantitative estimate of drug-likeness (QED) is 0.0707. The standard InChI is InChI=1S/C42H30N6O18/c49-37-20-3-19-1-2-36(48(65)66)35(42(19)54)18-29-17-34(47(63)64)16-28(41(29)53)7-27-15-33(46(61)62)14-26(40(27)52)6-25-13-32(45(59)60)12-24(39(25)51)5-23-11-31(44(57)58)10-22(38(23)50)4-21(37)9-30(8-20)43(55)56/h1-2,8-17,49-54H,3-7,18H2. The van der Waals surface area contributed by atoms with Gasteiger partial charge in [0.25, 0.3) is 34.1 Å². The smallest absolute Gasteiger partial charge is 0.276 e. The molecule has 0 saturated heterocycles. The molecule has 0 fully saturated rings. The first-order valence-electron chi connectivity index (χ1n) is 19.1. The van der Waals surface area contributed by atoms with Crippen LogP contribution < -0.4 is 0 Å². The Morgan fingerprint density at radius 1 is 0.288 bits per heavy atom. The minimum Gasteiger partial charge on any atom is -0.507 e. The van der Waals surface area contributed by atoms with Gasteiger partial charge in [-0.1, -0.05) is 0 Å². The summed E-state index contributed by atoms with van der Waals surface area (Å²) in [4.78, 5) is 68.0. The molecule has 7 rings (SSSR count). The van der Waals surface area contributed by atoms with Gasteiger partial charge in [-0.15, -0.1) is 0 Å². The predicted octanol–water partition coefficient (Wildman–Crippen LogP) is 7.23. The van der Waals surface area contributed by atoms with Gasteiger partial charge < -0.3 is 30.6 Å². The third kappa shape index (κ3) is 8.50. The molecule has 0 unspecified atom stereocenters. The van der Waals surface area contributed by atoms with Crippen molar-refractivity contribution in [3.63, 3.8) is 0 Å². The Hall–Kier alpha value is -9.48. The average Bonchev–Trinajstić information content (AvgIpc) is 3.24. The number of phenolic OH excluding ortho intramolecular Hbond substituents is 6. The first-order valence-corrected chi connectivity index (χ1v) is 19.1. The molecule has 6 N–H and O–H groups in total. The van der Waals surface area contributed by atoms with Crippen LogP contribution in [-0.2, 0) is 38.5 Å². The zero-order valence-corrected chi connectivity index (χ0v) is 33.4. The molecule has 66 heavy (non-hydrogen) atoms. The highest BCUT2D eigenvalue weighted by Crippen LogP contribution is 2.44. The van der Waals surface area contributed by atoms with Gasteiger partial charge in [0.2, 0.25) is 0 Å². The normalized spacial score (nSPS) is 12.4. The van der Waals surface area contributed by atoms with Crippen molar-refractivity contribution in [2.45, 2.75) is 38.5 Å². The van der Waals surface area contributed by atoms with Gasteiger partial charge >= 0.3 is 0 Å². The number of hydrogen-bond acceptors (Lipinski definition) is 18. The second-order valence-corrected chi connectivity index (χ2v) is 15.2. The van der Waals surface area contributed by atoms with Crippen LogP contribution in [0.25, 0.3) is 0 Å². The van der Waals surface area contributed by atoms with E-state index in [0.29, 0.717) is 0 Å². The largest absolute Gasteiger partial charge is 0.507 e. The topological polar surface area (TPSA) is 380 Å². The lowest BCUT2D eigenvalue weighted by atomic mass is 9.90. The number of nitro groups is 6. The fourth-order valence-corrected chi connectivity index (χ4v) is 7.96. The van der Waals surface area contributed by atoms with E-state index in [0.717, 1.165) is 72.8 Å². The lowest BCUT2D eigenvalue weighted by molar-refractivity contribution is -0.385. The first-order chi connectivity index (χ1) is 31.1. The Morgan fingerprint density at radius 2 is 0.500 bits per heavy atom. The molecule has 0 aliphatic heterocycles. The molecule has 1 aliphatic carbocycles. The summed E-state index contributed by atoms with van der Waals surface area (Å²) >= 11 is 0. The van der Waals surface area contributed by atoms with Gasteiger partial charge in [-0.3, -0.25) is 60.7 Å². The molecule has 12 bridgehead atoms. The lowest BCUT2D eigenvalue weighted by Crippen LogP contribution is -2.05. The summed E-state index contributed by atoms with van der Waals surface area (Å²) in [5.74, 6) is -4.38. The van der Waals surface area contributed by atoms with Gasteiger partial charge in [0.05, 0.1) is 35.1 Å². The first kappa shape index (κ1) is 44.6. The second kappa shape index (κ2) is 17.0. The van der Waals surface area contributed by atoms with Crippen LogP contribution >= 0.6 is 0 Å². The van der Waals surface area contributed by atoms with E-state index in [4.69, 9.17) is 0 Å². The molecule has 336 valence electrons. The average molecular weight is 907 g/mol. The fourth-order valence-electron chi connectivity index (χ4n) is 7.96. The van der Waals surface area contributed by atoms with Crippen LogP contribution in [0.4, 0.5) is 34.1 Å². The molecule has 1 aliphatic rings. The summed E-state index contributed by atoms with van der Waals surface area (Å²) in [5, 5.41) is 143. The van der Waals surface area contributed by atoms with Crippen LogP contribution in [0.15, 0.2) is 72.8 Å². The Balaban J connectivity index is 1.54. The number of hydrogen-bond donors (Lipinski definition) is 6. The van der Waals surface area contributed by atoms with Crippen molar-refractivity contribution in [1.29, 1.82) is 0 Å². The molecule has 24 nitrogen and oxygen atoms in total. The molecular weight excluding hydrogens is 876 g/mol. The number of benzene rings is 6.